The number of alkyl halides is 3. The Morgan fingerprint density at radius 1 is 1.09 bits per heavy atom. The SMILES string of the molecule is CCNC(Cc1ccnc2ccccc12)CC(C)(CC(F)(F)F)c1cc(F)ccc1OC. The number of fused-ring (bicyclic) bond motifs is 1. The molecular weight excluding hydrogens is 420 g/mol. The maximum absolute atomic E-state index is 14.1. The van der Waals surface area contributed by atoms with Gasteiger partial charge in [0, 0.05) is 28.6 Å². The first kappa shape index (κ1) is 24.0. The van der Waals surface area contributed by atoms with Crippen LogP contribution in [0.3, 0.4) is 0 Å². The summed E-state index contributed by atoms with van der Waals surface area (Å²) in [6.07, 6.45) is -3.13. The topological polar surface area (TPSA) is 34.2 Å². The van der Waals surface area contributed by atoms with Crippen molar-refractivity contribution in [2.75, 3.05) is 13.7 Å². The van der Waals surface area contributed by atoms with E-state index in [1.54, 1.807) is 6.20 Å². The van der Waals surface area contributed by atoms with Crippen LogP contribution in [0, 0.1) is 5.82 Å². The molecule has 0 fully saturated rings. The van der Waals surface area contributed by atoms with Gasteiger partial charge in [-0.05, 0) is 55.3 Å². The van der Waals surface area contributed by atoms with Gasteiger partial charge in [0.15, 0.2) is 0 Å². The second-order valence-corrected chi connectivity index (χ2v) is 8.35. The molecule has 0 saturated heterocycles. The normalized spacial score (nSPS) is 14.8. The Balaban J connectivity index is 2.01. The summed E-state index contributed by atoms with van der Waals surface area (Å²) < 4.78 is 60.5. The van der Waals surface area contributed by atoms with Crippen molar-refractivity contribution in [3.63, 3.8) is 0 Å². The van der Waals surface area contributed by atoms with Gasteiger partial charge in [-0.3, -0.25) is 4.98 Å². The molecule has 1 heterocycles. The first-order chi connectivity index (χ1) is 15.1. The zero-order valence-electron chi connectivity index (χ0n) is 18.5. The standard InChI is InChI=1S/C25H28F4N2O/c1-4-30-19(13-17-11-12-31-22-8-6-5-7-20(17)22)15-24(2,16-25(27,28)29)21-14-18(26)9-10-23(21)32-3/h5-12,14,19,30H,4,13,15-16H2,1-3H3. The van der Waals surface area contributed by atoms with Crippen molar-refractivity contribution in [3.05, 3.63) is 71.7 Å². The molecule has 32 heavy (non-hydrogen) atoms. The summed E-state index contributed by atoms with van der Waals surface area (Å²) >= 11 is 0. The van der Waals surface area contributed by atoms with Crippen LogP contribution >= 0.6 is 0 Å². The van der Waals surface area contributed by atoms with Crippen LogP contribution in [0.4, 0.5) is 17.6 Å². The third-order valence-corrected chi connectivity index (χ3v) is 5.80. The van der Waals surface area contributed by atoms with Gasteiger partial charge in [0.2, 0.25) is 0 Å². The zero-order chi connectivity index (χ0) is 23.4. The maximum Gasteiger partial charge on any atom is 0.389 e. The minimum atomic E-state index is -4.42. The summed E-state index contributed by atoms with van der Waals surface area (Å²) in [6, 6.07) is 13.1. The highest BCUT2D eigenvalue weighted by Gasteiger charge is 2.43. The molecule has 3 rings (SSSR count). The number of nitrogens with zero attached hydrogens (tertiary/aromatic N) is 1. The lowest BCUT2D eigenvalue weighted by molar-refractivity contribution is -0.148. The van der Waals surface area contributed by atoms with E-state index in [0.717, 1.165) is 22.5 Å². The lowest BCUT2D eigenvalue weighted by Gasteiger charge is -2.36. The number of ether oxygens (including phenoxy) is 1. The Morgan fingerprint density at radius 2 is 1.84 bits per heavy atom. The fourth-order valence-corrected chi connectivity index (χ4v) is 4.52. The van der Waals surface area contributed by atoms with Crippen molar-refractivity contribution in [2.24, 2.45) is 0 Å². The largest absolute Gasteiger partial charge is 0.496 e. The van der Waals surface area contributed by atoms with Crippen LogP contribution in [0.1, 0.15) is 37.8 Å². The third-order valence-electron chi connectivity index (χ3n) is 5.80. The van der Waals surface area contributed by atoms with Gasteiger partial charge in [-0.15, -0.1) is 0 Å². The smallest absolute Gasteiger partial charge is 0.389 e. The number of aromatic nitrogens is 1. The lowest BCUT2D eigenvalue weighted by atomic mass is 9.73. The molecule has 7 heteroatoms. The first-order valence-electron chi connectivity index (χ1n) is 10.6. The molecule has 1 aromatic heterocycles. The van der Waals surface area contributed by atoms with Gasteiger partial charge in [-0.2, -0.15) is 13.2 Å². The van der Waals surface area contributed by atoms with Crippen molar-refractivity contribution >= 4 is 10.9 Å². The van der Waals surface area contributed by atoms with Gasteiger partial charge in [0.05, 0.1) is 19.0 Å². The van der Waals surface area contributed by atoms with Crippen molar-refractivity contribution in [2.45, 2.75) is 50.7 Å². The van der Waals surface area contributed by atoms with E-state index in [9.17, 15) is 17.6 Å². The monoisotopic (exact) mass is 448 g/mol. The predicted molar refractivity (Wildman–Crippen MR) is 119 cm³/mol. The summed E-state index contributed by atoms with van der Waals surface area (Å²) in [4.78, 5) is 4.37. The van der Waals surface area contributed by atoms with E-state index in [2.05, 4.69) is 10.3 Å². The number of nitrogens with one attached hydrogen (secondary N) is 1. The van der Waals surface area contributed by atoms with Gasteiger partial charge in [-0.25, -0.2) is 4.39 Å². The molecule has 0 aliphatic carbocycles. The molecule has 0 aliphatic heterocycles. The summed E-state index contributed by atoms with van der Waals surface area (Å²) in [6.45, 7) is 4.05. The number of hydrogen-bond acceptors (Lipinski definition) is 3. The second kappa shape index (κ2) is 9.86. The van der Waals surface area contributed by atoms with E-state index in [1.807, 2.05) is 37.3 Å². The molecule has 2 aromatic carbocycles. The summed E-state index contributed by atoms with van der Waals surface area (Å²) in [5.41, 5.74) is 0.675. The van der Waals surface area contributed by atoms with E-state index in [1.165, 1.54) is 26.2 Å². The van der Waals surface area contributed by atoms with Crippen molar-refractivity contribution in [3.8, 4) is 5.75 Å². The van der Waals surface area contributed by atoms with Gasteiger partial charge in [-0.1, -0.05) is 32.0 Å². The van der Waals surface area contributed by atoms with Gasteiger partial charge < -0.3 is 10.1 Å². The van der Waals surface area contributed by atoms with Gasteiger partial charge >= 0.3 is 6.18 Å². The molecule has 172 valence electrons. The molecule has 0 saturated carbocycles. The first-order valence-corrected chi connectivity index (χ1v) is 10.6. The Kier molecular flexibility index (Phi) is 7.39. The Hall–Kier alpha value is -2.67. The molecular formula is C25H28F4N2O. The van der Waals surface area contributed by atoms with Gasteiger partial charge in [0.1, 0.15) is 11.6 Å². The van der Waals surface area contributed by atoms with Crippen LogP contribution in [0.15, 0.2) is 54.7 Å². The molecule has 1 N–H and O–H groups in total. The summed E-state index contributed by atoms with van der Waals surface area (Å²) in [5.74, 6) is -0.336. The van der Waals surface area contributed by atoms with Crippen LogP contribution < -0.4 is 10.1 Å². The summed E-state index contributed by atoms with van der Waals surface area (Å²) in [7, 11) is 1.38. The highest BCUT2D eigenvalue weighted by molar-refractivity contribution is 5.81. The van der Waals surface area contributed by atoms with Crippen molar-refractivity contribution in [1.82, 2.24) is 10.3 Å². The number of hydrogen-bond donors (Lipinski definition) is 1. The van der Waals surface area contributed by atoms with Gasteiger partial charge in [0.25, 0.3) is 0 Å². The maximum atomic E-state index is 14.1. The molecule has 0 bridgehead atoms. The summed E-state index contributed by atoms with van der Waals surface area (Å²) in [5, 5.41) is 4.31. The van der Waals surface area contributed by atoms with Crippen LogP contribution in [-0.2, 0) is 11.8 Å². The van der Waals surface area contributed by atoms with Crippen LogP contribution in [-0.4, -0.2) is 30.9 Å². The number of halogens is 4. The minimum absolute atomic E-state index is 0.150. The van der Waals surface area contributed by atoms with Crippen LogP contribution in [0.25, 0.3) is 10.9 Å². The quantitative estimate of drug-likeness (QED) is 0.396. The Labute approximate surface area is 185 Å². The molecule has 3 aromatic rings. The highest BCUT2D eigenvalue weighted by atomic mass is 19.4. The second-order valence-electron chi connectivity index (χ2n) is 8.35. The highest BCUT2D eigenvalue weighted by Crippen LogP contribution is 2.44. The number of para-hydroxylation sites is 1. The van der Waals surface area contributed by atoms with E-state index in [0.29, 0.717) is 13.0 Å². The zero-order valence-corrected chi connectivity index (χ0v) is 18.5. The number of likely N-dealkylation sites (N-methyl/N-ethyl adjacent to an activating group) is 1. The van der Waals surface area contributed by atoms with Crippen LogP contribution in [0.2, 0.25) is 0 Å². The molecule has 2 atom stereocenters. The van der Waals surface area contributed by atoms with Crippen molar-refractivity contribution in [1.29, 1.82) is 0 Å². The molecule has 3 nitrogen and oxygen atoms in total. The Bertz CT molecular complexity index is 1050. The molecule has 2 unspecified atom stereocenters. The fraction of sp³-hybridized carbons (Fsp3) is 0.400. The molecule has 0 aliphatic rings. The molecule has 0 radical (unpaired) electrons. The number of methoxy groups -OCH3 is 1. The fourth-order valence-electron chi connectivity index (χ4n) is 4.52. The predicted octanol–water partition coefficient (Wildman–Crippen LogP) is 6.20. The van der Waals surface area contributed by atoms with E-state index < -0.39 is 23.8 Å². The average Bonchev–Trinajstić information content (AvgIpc) is 2.73. The van der Waals surface area contributed by atoms with Crippen molar-refractivity contribution < 1.29 is 22.3 Å². The van der Waals surface area contributed by atoms with E-state index >= 15 is 0 Å². The third kappa shape index (κ3) is 5.76. The number of pyridine rings is 1. The molecule has 0 amide bonds. The lowest BCUT2D eigenvalue weighted by Crippen LogP contribution is -2.40. The minimum Gasteiger partial charge on any atom is -0.496 e. The van der Waals surface area contributed by atoms with E-state index in [-0.39, 0.29) is 23.8 Å². The van der Waals surface area contributed by atoms with E-state index in [4.69, 9.17) is 4.74 Å². The average molecular weight is 449 g/mol. The Morgan fingerprint density at radius 3 is 2.53 bits per heavy atom. The van der Waals surface area contributed by atoms with Crippen LogP contribution in [0.5, 0.6) is 5.75 Å². The number of rotatable bonds is 9. The number of benzene rings is 2. The molecule has 0 spiro atoms.